The molecule has 1 aromatic carbocycles. The lowest BCUT2D eigenvalue weighted by molar-refractivity contribution is 0.0910. The van der Waals surface area contributed by atoms with E-state index in [0.717, 1.165) is 25.1 Å². The highest BCUT2D eigenvalue weighted by atomic mass is 35.5. The summed E-state index contributed by atoms with van der Waals surface area (Å²) < 4.78 is 5.69. The van der Waals surface area contributed by atoms with E-state index in [1.54, 1.807) is 18.2 Å². The summed E-state index contributed by atoms with van der Waals surface area (Å²) in [7, 11) is 0. The quantitative estimate of drug-likeness (QED) is 0.852. The number of halogens is 1. The van der Waals surface area contributed by atoms with Crippen molar-refractivity contribution in [3.05, 3.63) is 47.2 Å². The van der Waals surface area contributed by atoms with Crippen molar-refractivity contribution in [3.63, 3.8) is 0 Å². The lowest BCUT2D eigenvalue weighted by atomic mass is 10.2. The number of hydrogen-bond acceptors (Lipinski definition) is 3. The summed E-state index contributed by atoms with van der Waals surface area (Å²) in [5, 5.41) is 3.61. The molecule has 0 aliphatic carbocycles. The van der Waals surface area contributed by atoms with Gasteiger partial charge in [-0.3, -0.25) is 9.69 Å². The van der Waals surface area contributed by atoms with Crippen molar-refractivity contribution in [3.8, 4) is 11.3 Å². The van der Waals surface area contributed by atoms with Gasteiger partial charge in [0.1, 0.15) is 5.76 Å². The van der Waals surface area contributed by atoms with E-state index in [4.69, 9.17) is 16.0 Å². The van der Waals surface area contributed by atoms with Gasteiger partial charge in [0.15, 0.2) is 5.76 Å². The zero-order valence-electron chi connectivity index (χ0n) is 13.9. The van der Waals surface area contributed by atoms with Gasteiger partial charge in [-0.2, -0.15) is 0 Å². The Morgan fingerprint density at radius 3 is 2.71 bits per heavy atom. The molecule has 1 fully saturated rings. The molecule has 4 nitrogen and oxygen atoms in total. The SMILES string of the molecule is CC[C@H](CNC(=O)c1ccc(-c2ccccc2Cl)o1)N1CCCC1. The number of likely N-dealkylation sites (tertiary alicyclic amines) is 1. The van der Waals surface area contributed by atoms with Gasteiger partial charge in [0, 0.05) is 18.2 Å². The van der Waals surface area contributed by atoms with Gasteiger partial charge in [0.2, 0.25) is 0 Å². The maximum absolute atomic E-state index is 12.4. The van der Waals surface area contributed by atoms with Gasteiger partial charge < -0.3 is 9.73 Å². The summed E-state index contributed by atoms with van der Waals surface area (Å²) in [6.45, 7) is 5.08. The molecule has 24 heavy (non-hydrogen) atoms. The molecule has 3 rings (SSSR count). The zero-order chi connectivity index (χ0) is 16.9. The predicted molar refractivity (Wildman–Crippen MR) is 96.4 cm³/mol. The molecule has 1 aromatic heterocycles. The first-order valence-corrected chi connectivity index (χ1v) is 8.94. The molecule has 1 atom stereocenters. The highest BCUT2D eigenvalue weighted by molar-refractivity contribution is 6.33. The molecule has 0 unspecified atom stereocenters. The number of nitrogens with one attached hydrogen (secondary N) is 1. The fourth-order valence-electron chi connectivity index (χ4n) is 3.20. The third-order valence-electron chi connectivity index (χ3n) is 4.60. The number of rotatable bonds is 6. The summed E-state index contributed by atoms with van der Waals surface area (Å²) in [6.07, 6.45) is 3.54. The second kappa shape index (κ2) is 7.86. The van der Waals surface area contributed by atoms with E-state index in [-0.39, 0.29) is 5.91 Å². The maximum atomic E-state index is 12.4. The van der Waals surface area contributed by atoms with Crippen molar-refractivity contribution in [1.29, 1.82) is 0 Å². The van der Waals surface area contributed by atoms with E-state index < -0.39 is 0 Å². The molecule has 5 heteroatoms. The fourth-order valence-corrected chi connectivity index (χ4v) is 3.43. The lowest BCUT2D eigenvalue weighted by Gasteiger charge is -2.26. The molecule has 1 aliphatic heterocycles. The molecule has 0 bridgehead atoms. The van der Waals surface area contributed by atoms with Gasteiger partial charge in [-0.15, -0.1) is 0 Å². The molecule has 1 saturated heterocycles. The second-order valence-corrected chi connectivity index (χ2v) is 6.57. The van der Waals surface area contributed by atoms with E-state index in [1.165, 1.54) is 12.8 Å². The van der Waals surface area contributed by atoms with Crippen LogP contribution in [0.2, 0.25) is 5.02 Å². The minimum Gasteiger partial charge on any atom is -0.451 e. The zero-order valence-corrected chi connectivity index (χ0v) is 14.7. The van der Waals surface area contributed by atoms with Crippen LogP contribution < -0.4 is 5.32 Å². The Labute approximate surface area is 147 Å². The minimum absolute atomic E-state index is 0.175. The standard InChI is InChI=1S/C19H23ClN2O2/c1-2-14(22-11-5-6-12-22)13-21-19(23)18-10-9-17(24-18)15-7-3-4-8-16(15)20/h3-4,7-10,14H,2,5-6,11-13H2,1H3,(H,21,23)/t14-/m1/s1. The molecule has 2 heterocycles. The highest BCUT2D eigenvalue weighted by Gasteiger charge is 2.21. The van der Waals surface area contributed by atoms with E-state index in [9.17, 15) is 4.79 Å². The summed E-state index contributed by atoms with van der Waals surface area (Å²) >= 11 is 6.18. The number of nitrogens with zero attached hydrogens (tertiary/aromatic N) is 1. The van der Waals surface area contributed by atoms with Crippen molar-refractivity contribution in [2.75, 3.05) is 19.6 Å². The number of furan rings is 1. The van der Waals surface area contributed by atoms with Gasteiger partial charge in [0.25, 0.3) is 5.91 Å². The van der Waals surface area contributed by atoms with Crippen LogP contribution in [0.4, 0.5) is 0 Å². The van der Waals surface area contributed by atoms with E-state index in [2.05, 4.69) is 17.1 Å². The van der Waals surface area contributed by atoms with Gasteiger partial charge in [-0.25, -0.2) is 0 Å². The Bertz CT molecular complexity index is 692. The third-order valence-corrected chi connectivity index (χ3v) is 4.93. The normalized spacial score (nSPS) is 16.2. The molecule has 0 radical (unpaired) electrons. The highest BCUT2D eigenvalue weighted by Crippen LogP contribution is 2.29. The first kappa shape index (κ1) is 17.1. The Morgan fingerprint density at radius 2 is 2.00 bits per heavy atom. The molecule has 0 saturated carbocycles. The first-order valence-electron chi connectivity index (χ1n) is 8.56. The molecule has 1 N–H and O–H groups in total. The summed E-state index contributed by atoms with van der Waals surface area (Å²) in [5.41, 5.74) is 0.793. The van der Waals surface area contributed by atoms with Gasteiger partial charge in [0.05, 0.1) is 5.02 Å². The molecule has 0 spiro atoms. The van der Waals surface area contributed by atoms with Gasteiger partial charge >= 0.3 is 0 Å². The van der Waals surface area contributed by atoms with Crippen LogP contribution in [-0.2, 0) is 0 Å². The molecular formula is C19H23ClN2O2. The van der Waals surface area contributed by atoms with Crippen LogP contribution in [0.15, 0.2) is 40.8 Å². The Hall–Kier alpha value is -1.78. The maximum Gasteiger partial charge on any atom is 0.287 e. The van der Waals surface area contributed by atoms with Crippen molar-refractivity contribution in [2.24, 2.45) is 0 Å². The summed E-state index contributed by atoms with van der Waals surface area (Å²) in [4.78, 5) is 14.8. The van der Waals surface area contributed by atoms with Crippen LogP contribution in [0.25, 0.3) is 11.3 Å². The lowest BCUT2D eigenvalue weighted by Crippen LogP contribution is -2.42. The largest absolute Gasteiger partial charge is 0.451 e. The van der Waals surface area contributed by atoms with Gasteiger partial charge in [-0.1, -0.05) is 30.7 Å². The predicted octanol–water partition coefficient (Wildman–Crippen LogP) is 4.20. The number of carbonyl (C=O) groups is 1. The number of carbonyl (C=O) groups excluding carboxylic acids is 1. The average Bonchev–Trinajstić information content (AvgIpc) is 3.27. The van der Waals surface area contributed by atoms with E-state index >= 15 is 0 Å². The van der Waals surface area contributed by atoms with Crippen LogP contribution in [0, 0.1) is 0 Å². The first-order chi connectivity index (χ1) is 11.7. The summed E-state index contributed by atoms with van der Waals surface area (Å²) in [6, 6.07) is 11.3. The Morgan fingerprint density at radius 1 is 1.25 bits per heavy atom. The summed E-state index contributed by atoms with van der Waals surface area (Å²) in [5.74, 6) is 0.754. The molecule has 1 aliphatic rings. The fraction of sp³-hybridized carbons (Fsp3) is 0.421. The van der Waals surface area contributed by atoms with Crippen LogP contribution in [0.5, 0.6) is 0 Å². The van der Waals surface area contributed by atoms with Crippen LogP contribution >= 0.6 is 11.6 Å². The number of benzene rings is 1. The molecule has 2 aromatic rings. The van der Waals surface area contributed by atoms with Crippen LogP contribution in [0.1, 0.15) is 36.7 Å². The number of hydrogen-bond donors (Lipinski definition) is 1. The van der Waals surface area contributed by atoms with Crippen LogP contribution in [0.3, 0.4) is 0 Å². The van der Waals surface area contributed by atoms with Crippen molar-refractivity contribution in [1.82, 2.24) is 10.2 Å². The number of amides is 1. The monoisotopic (exact) mass is 346 g/mol. The molecular weight excluding hydrogens is 324 g/mol. The van der Waals surface area contributed by atoms with Crippen molar-refractivity contribution in [2.45, 2.75) is 32.2 Å². The topological polar surface area (TPSA) is 45.5 Å². The van der Waals surface area contributed by atoms with E-state index in [1.807, 2.05) is 18.2 Å². The minimum atomic E-state index is -0.175. The smallest absolute Gasteiger partial charge is 0.287 e. The van der Waals surface area contributed by atoms with E-state index in [0.29, 0.717) is 29.1 Å². The molecule has 1 amide bonds. The van der Waals surface area contributed by atoms with Crippen molar-refractivity contribution >= 4 is 17.5 Å². The van der Waals surface area contributed by atoms with Gasteiger partial charge in [-0.05, 0) is 56.6 Å². The van der Waals surface area contributed by atoms with Crippen LogP contribution in [-0.4, -0.2) is 36.5 Å². The Kier molecular flexibility index (Phi) is 5.59. The molecule has 128 valence electrons. The van der Waals surface area contributed by atoms with Crippen molar-refractivity contribution < 1.29 is 9.21 Å². The second-order valence-electron chi connectivity index (χ2n) is 6.16. The third kappa shape index (κ3) is 3.82. The average molecular weight is 347 g/mol. The Balaban J connectivity index is 1.62.